The molecule has 0 radical (unpaired) electrons. The number of ether oxygens (including phenoxy) is 1. The molecule has 1 aliphatic heterocycles. The number of carbonyl (C=O) groups is 2. The summed E-state index contributed by atoms with van der Waals surface area (Å²) in [5.41, 5.74) is 4.03. The summed E-state index contributed by atoms with van der Waals surface area (Å²) in [5.74, 6) is -1.98. The molecule has 3 aromatic rings. The fraction of sp³-hybridized carbons (Fsp3) is 0.480. The van der Waals surface area contributed by atoms with Gasteiger partial charge in [-0.25, -0.2) is 23.3 Å². The summed E-state index contributed by atoms with van der Waals surface area (Å²) in [6, 6.07) is 1.03. The molecule has 3 aromatic heterocycles. The number of methoxy groups -OCH3 is 1. The number of likely N-dealkylation sites (tertiary alicyclic amines) is 1. The number of amides is 2. The molecule has 0 spiro atoms. The molecule has 0 aromatic carbocycles. The summed E-state index contributed by atoms with van der Waals surface area (Å²) in [7, 11) is 1.25. The first-order valence-electron chi connectivity index (χ1n) is 12.6. The minimum atomic E-state index is -4.77. The second kappa shape index (κ2) is 10.5. The van der Waals surface area contributed by atoms with Crippen molar-refractivity contribution < 1.29 is 36.3 Å². The Morgan fingerprint density at radius 1 is 1.10 bits per heavy atom. The smallest absolute Gasteiger partial charge is 0.418 e. The molecule has 1 saturated heterocycles. The van der Waals surface area contributed by atoms with Gasteiger partial charge in [0.15, 0.2) is 5.82 Å². The van der Waals surface area contributed by atoms with E-state index in [1.165, 1.54) is 24.3 Å². The first-order valence-corrected chi connectivity index (χ1v) is 12.6. The van der Waals surface area contributed by atoms with E-state index >= 15 is 0 Å². The van der Waals surface area contributed by atoms with E-state index in [2.05, 4.69) is 20.4 Å². The van der Waals surface area contributed by atoms with Crippen molar-refractivity contribution in [1.82, 2.24) is 29.8 Å². The van der Waals surface area contributed by atoms with E-state index in [4.69, 9.17) is 10.5 Å². The zero-order valence-corrected chi connectivity index (χ0v) is 21.3. The van der Waals surface area contributed by atoms with Crippen molar-refractivity contribution in [3.8, 4) is 17.1 Å². The summed E-state index contributed by atoms with van der Waals surface area (Å²) in [6.07, 6.45) is -3.71. The Hall–Kier alpha value is -4.04. The quantitative estimate of drug-likeness (QED) is 0.454. The highest BCUT2D eigenvalue weighted by molar-refractivity contribution is 5.98. The fourth-order valence-corrected chi connectivity index (χ4v) is 5.29. The SMILES string of the molecule is COc1ncc(-c2cc(C(F)(F)F)c3c(N)ncnn23)cc1C(=O)NC1CN(C(=O)C2CCC(F)CC2)C[C@@H]1F. The number of nitrogens with two attached hydrogens (primary N) is 1. The zero-order chi connectivity index (χ0) is 28.8. The predicted octanol–water partition coefficient (Wildman–Crippen LogP) is 3.21. The van der Waals surface area contributed by atoms with Gasteiger partial charge in [0.05, 0.1) is 31.0 Å². The number of aromatic nitrogens is 4. The first kappa shape index (κ1) is 27.5. The third-order valence-electron chi connectivity index (χ3n) is 7.36. The van der Waals surface area contributed by atoms with Gasteiger partial charge in [-0.3, -0.25) is 9.59 Å². The fourth-order valence-electron chi connectivity index (χ4n) is 5.29. The highest BCUT2D eigenvalue weighted by Gasteiger charge is 2.40. The molecular weight excluding hydrogens is 541 g/mol. The standard InChI is InChI=1S/C25H26F5N7O3/c1-40-23-15(22(38)35-18-10-36(9-17(18)27)24(39)12-2-4-14(26)5-3-12)6-13(8-32-23)19-7-16(25(28,29)30)20-21(31)33-11-34-37(19)20/h6-8,11-12,14,17-18H,2-5,9-10H2,1H3,(H,35,38)(H2,31,33,34)/t12?,14?,17-,18?/m0/s1. The molecule has 1 unspecified atom stereocenters. The maximum atomic E-state index is 14.9. The Morgan fingerprint density at radius 2 is 1.82 bits per heavy atom. The maximum absolute atomic E-state index is 14.9. The Labute approximate surface area is 224 Å². The molecule has 4 heterocycles. The van der Waals surface area contributed by atoms with Crippen LogP contribution in [0.15, 0.2) is 24.7 Å². The van der Waals surface area contributed by atoms with Crippen LogP contribution >= 0.6 is 0 Å². The number of fused-ring (bicyclic) bond motifs is 1. The van der Waals surface area contributed by atoms with E-state index in [9.17, 15) is 31.5 Å². The van der Waals surface area contributed by atoms with E-state index in [1.54, 1.807) is 0 Å². The van der Waals surface area contributed by atoms with Crippen LogP contribution < -0.4 is 15.8 Å². The summed E-state index contributed by atoms with van der Waals surface area (Å²) < 4.78 is 75.7. The van der Waals surface area contributed by atoms with Gasteiger partial charge in [0.25, 0.3) is 5.91 Å². The van der Waals surface area contributed by atoms with Crippen LogP contribution in [0.3, 0.4) is 0 Å². The number of nitrogen functional groups attached to an aromatic ring is 1. The number of anilines is 1. The van der Waals surface area contributed by atoms with Gasteiger partial charge in [0.1, 0.15) is 29.8 Å². The molecule has 3 N–H and O–H groups in total. The second-order valence-electron chi connectivity index (χ2n) is 9.92. The molecule has 15 heteroatoms. The van der Waals surface area contributed by atoms with E-state index in [-0.39, 0.29) is 66.3 Å². The predicted molar refractivity (Wildman–Crippen MR) is 132 cm³/mol. The van der Waals surface area contributed by atoms with Crippen LogP contribution in [0.25, 0.3) is 16.8 Å². The summed E-state index contributed by atoms with van der Waals surface area (Å²) in [6.45, 7) is -0.294. The average Bonchev–Trinajstić information content (AvgIpc) is 3.50. The van der Waals surface area contributed by atoms with E-state index < -0.39 is 41.5 Å². The van der Waals surface area contributed by atoms with Crippen LogP contribution in [0.2, 0.25) is 0 Å². The summed E-state index contributed by atoms with van der Waals surface area (Å²) in [5, 5.41) is 6.44. The Kier molecular flexibility index (Phi) is 7.23. The number of alkyl halides is 5. The van der Waals surface area contributed by atoms with Gasteiger partial charge < -0.3 is 20.7 Å². The van der Waals surface area contributed by atoms with Crippen molar-refractivity contribution in [2.24, 2.45) is 5.92 Å². The lowest BCUT2D eigenvalue weighted by molar-refractivity contribution is -0.137. The molecule has 0 bridgehead atoms. The van der Waals surface area contributed by atoms with Gasteiger partial charge >= 0.3 is 6.18 Å². The van der Waals surface area contributed by atoms with Gasteiger partial charge in [-0.15, -0.1) is 0 Å². The number of hydrogen-bond acceptors (Lipinski definition) is 7. The van der Waals surface area contributed by atoms with Crippen LogP contribution in [-0.2, 0) is 11.0 Å². The van der Waals surface area contributed by atoms with Gasteiger partial charge in [-0.2, -0.15) is 18.3 Å². The minimum Gasteiger partial charge on any atom is -0.480 e. The Balaban J connectivity index is 1.40. The molecule has 2 aliphatic rings. The van der Waals surface area contributed by atoms with Gasteiger partial charge in [0.2, 0.25) is 11.8 Å². The van der Waals surface area contributed by atoms with Crippen molar-refractivity contribution in [3.05, 3.63) is 35.8 Å². The Morgan fingerprint density at radius 3 is 2.50 bits per heavy atom. The number of rotatable bonds is 5. The molecule has 40 heavy (non-hydrogen) atoms. The lowest BCUT2D eigenvalue weighted by Crippen LogP contribution is -2.42. The molecule has 1 saturated carbocycles. The lowest BCUT2D eigenvalue weighted by Gasteiger charge is -2.27. The number of nitrogens with zero attached hydrogens (tertiary/aromatic N) is 5. The molecule has 214 valence electrons. The highest BCUT2D eigenvalue weighted by atomic mass is 19.4. The third kappa shape index (κ3) is 5.11. The van der Waals surface area contributed by atoms with Crippen molar-refractivity contribution in [2.45, 2.75) is 50.2 Å². The minimum absolute atomic E-state index is 0.0652. The third-order valence-corrected chi connectivity index (χ3v) is 7.36. The summed E-state index contributed by atoms with van der Waals surface area (Å²) >= 11 is 0. The molecule has 1 aliphatic carbocycles. The second-order valence-corrected chi connectivity index (χ2v) is 9.92. The first-order chi connectivity index (χ1) is 19.0. The van der Waals surface area contributed by atoms with E-state index in [1.807, 2.05) is 0 Å². The van der Waals surface area contributed by atoms with Crippen molar-refractivity contribution in [2.75, 3.05) is 25.9 Å². The van der Waals surface area contributed by atoms with Crippen LogP contribution in [0.4, 0.5) is 27.8 Å². The van der Waals surface area contributed by atoms with E-state index in [0.717, 1.165) is 16.9 Å². The topological polar surface area (TPSA) is 128 Å². The van der Waals surface area contributed by atoms with Crippen molar-refractivity contribution in [3.63, 3.8) is 0 Å². The van der Waals surface area contributed by atoms with Crippen molar-refractivity contribution in [1.29, 1.82) is 0 Å². The van der Waals surface area contributed by atoms with Gasteiger partial charge in [0, 0.05) is 24.2 Å². The number of halogens is 5. The number of carbonyl (C=O) groups excluding carboxylic acids is 2. The van der Waals surface area contributed by atoms with Gasteiger partial charge in [-0.1, -0.05) is 0 Å². The van der Waals surface area contributed by atoms with Crippen molar-refractivity contribution >= 4 is 23.1 Å². The number of nitrogens with one attached hydrogen (secondary N) is 1. The van der Waals surface area contributed by atoms with Crippen LogP contribution in [0.5, 0.6) is 5.88 Å². The zero-order valence-electron chi connectivity index (χ0n) is 21.3. The summed E-state index contributed by atoms with van der Waals surface area (Å²) in [4.78, 5) is 35.1. The molecular formula is C25H26F5N7O3. The van der Waals surface area contributed by atoms with E-state index in [0.29, 0.717) is 12.8 Å². The van der Waals surface area contributed by atoms with Crippen LogP contribution in [0, 0.1) is 5.92 Å². The van der Waals surface area contributed by atoms with Crippen LogP contribution in [-0.4, -0.2) is 74.9 Å². The maximum Gasteiger partial charge on any atom is 0.418 e. The monoisotopic (exact) mass is 567 g/mol. The Bertz CT molecular complexity index is 1440. The molecule has 2 atom stereocenters. The average molecular weight is 568 g/mol. The highest BCUT2D eigenvalue weighted by Crippen LogP contribution is 2.39. The van der Waals surface area contributed by atoms with Gasteiger partial charge in [-0.05, 0) is 37.8 Å². The lowest BCUT2D eigenvalue weighted by atomic mass is 9.87. The molecule has 2 fully saturated rings. The van der Waals surface area contributed by atoms with Crippen LogP contribution in [0.1, 0.15) is 41.6 Å². The molecule has 2 amide bonds. The molecule has 5 rings (SSSR count). The normalized spacial score (nSPS) is 23.4. The number of pyridine rings is 1. The molecule has 10 nitrogen and oxygen atoms in total. The number of hydrogen-bond donors (Lipinski definition) is 2. The largest absolute Gasteiger partial charge is 0.480 e.